The predicted octanol–water partition coefficient (Wildman–Crippen LogP) is 4.08. The van der Waals surface area contributed by atoms with Gasteiger partial charge in [0.1, 0.15) is 0 Å². The topological polar surface area (TPSA) is 0 Å². The third kappa shape index (κ3) is 1.81. The molecule has 0 N–H and O–H groups in total. The molecule has 0 aromatic heterocycles. The molecule has 0 heterocycles. The van der Waals surface area contributed by atoms with Crippen LogP contribution in [0.2, 0.25) is 4.75 Å². The van der Waals surface area contributed by atoms with Crippen molar-refractivity contribution in [2.24, 2.45) is 11.8 Å². The van der Waals surface area contributed by atoms with Crippen molar-refractivity contribution in [2.45, 2.75) is 17.6 Å². The van der Waals surface area contributed by atoms with E-state index in [0.29, 0.717) is 0 Å². The van der Waals surface area contributed by atoms with E-state index >= 15 is 0 Å². The van der Waals surface area contributed by atoms with Crippen LogP contribution in [-0.2, 0) is 0 Å². The predicted molar refractivity (Wildman–Crippen MR) is 61.6 cm³/mol. The van der Waals surface area contributed by atoms with E-state index < -0.39 is 7.74 Å². The molecule has 4 heteroatoms. The molecule has 2 aliphatic rings. The van der Waals surface area contributed by atoms with Crippen molar-refractivity contribution in [1.82, 2.24) is 0 Å². The van der Waals surface area contributed by atoms with E-state index in [4.69, 9.17) is 0 Å². The van der Waals surface area contributed by atoms with Crippen molar-refractivity contribution in [2.75, 3.05) is 0 Å². The Morgan fingerprint density at radius 2 is 1.82 bits per heavy atom. The van der Waals surface area contributed by atoms with E-state index in [0.717, 1.165) is 16.6 Å². The van der Waals surface area contributed by atoms with Gasteiger partial charge in [-0.15, -0.1) is 0 Å². The van der Waals surface area contributed by atoms with Gasteiger partial charge in [0.05, 0.1) is 0 Å². The van der Waals surface area contributed by atoms with Gasteiger partial charge < -0.3 is 0 Å². The normalized spacial score (nSPS) is 41.9. The van der Waals surface area contributed by atoms with Crippen molar-refractivity contribution in [3.05, 3.63) is 12.2 Å². The summed E-state index contributed by atoms with van der Waals surface area (Å²) in [4.78, 5) is 0. The van der Waals surface area contributed by atoms with Gasteiger partial charge in [0.25, 0.3) is 0 Å². The first kappa shape index (κ1) is 9.28. The molecular formula is C7H9Br3Ge. The van der Waals surface area contributed by atoms with E-state index in [2.05, 4.69) is 54.2 Å². The zero-order valence-electron chi connectivity index (χ0n) is 5.93. The Morgan fingerprint density at radius 1 is 1.09 bits per heavy atom. The first-order chi connectivity index (χ1) is 5.07. The number of rotatable bonds is 1. The molecule has 0 unspecified atom stereocenters. The van der Waals surface area contributed by atoms with Gasteiger partial charge in [-0.1, -0.05) is 0 Å². The van der Waals surface area contributed by atoms with Crippen LogP contribution in [0.3, 0.4) is 0 Å². The molecule has 1 saturated carbocycles. The minimum atomic E-state index is -1.87. The molecule has 0 aromatic carbocycles. The number of allylic oxidation sites excluding steroid dienone is 2. The van der Waals surface area contributed by atoms with Crippen LogP contribution < -0.4 is 0 Å². The summed E-state index contributed by atoms with van der Waals surface area (Å²) in [6.45, 7) is 0. The maximum absolute atomic E-state index is 3.79. The first-order valence-corrected chi connectivity index (χ1v) is 19.8. The Bertz CT molecular complexity index is 196. The summed E-state index contributed by atoms with van der Waals surface area (Å²) in [5.74, 6) is 1.75. The molecule has 1 fully saturated rings. The van der Waals surface area contributed by atoms with Crippen LogP contribution in [0.15, 0.2) is 12.2 Å². The fourth-order valence-corrected chi connectivity index (χ4v) is 13.1. The Hall–Kier alpha value is 1.72. The molecule has 0 aromatic rings. The Kier molecular flexibility index (Phi) is 2.65. The van der Waals surface area contributed by atoms with Crippen LogP contribution >= 0.6 is 42.0 Å². The average Bonchev–Trinajstić information content (AvgIpc) is 2.42. The summed E-state index contributed by atoms with van der Waals surface area (Å²) in [5.41, 5.74) is 0. The van der Waals surface area contributed by atoms with Crippen LogP contribution in [-0.4, -0.2) is 7.74 Å². The third-order valence-electron chi connectivity index (χ3n) is 2.70. The van der Waals surface area contributed by atoms with Crippen LogP contribution in [0.5, 0.6) is 0 Å². The molecule has 0 saturated heterocycles. The molecule has 0 amide bonds. The average molecular weight is 405 g/mol. The molecule has 0 radical (unpaired) electrons. The Balaban J connectivity index is 2.15. The fraction of sp³-hybridized carbons (Fsp3) is 0.714. The van der Waals surface area contributed by atoms with Crippen molar-refractivity contribution < 1.29 is 0 Å². The second-order valence-corrected chi connectivity index (χ2v) is 43.3. The van der Waals surface area contributed by atoms with Crippen LogP contribution in [0.25, 0.3) is 0 Å². The Labute approximate surface area is 90.4 Å². The van der Waals surface area contributed by atoms with Crippen LogP contribution in [0, 0.1) is 11.8 Å². The standard InChI is InChI=1S/C7H9Br3Ge/c8-11(9,10)7-4-5-1-2-6(7)3-5/h1-2,5-7H,3-4H2/t5-,6+,7+/m1/s1. The number of fused-ring (bicyclic) bond motifs is 2. The van der Waals surface area contributed by atoms with E-state index in [1.807, 2.05) is 0 Å². The second-order valence-electron chi connectivity index (χ2n) is 3.43. The number of hydrogen-bond donors (Lipinski definition) is 0. The zero-order valence-corrected chi connectivity index (χ0v) is 12.8. The van der Waals surface area contributed by atoms with Gasteiger partial charge in [0.2, 0.25) is 0 Å². The molecule has 2 rings (SSSR count). The van der Waals surface area contributed by atoms with Crippen molar-refractivity contribution in [1.29, 1.82) is 0 Å². The molecular weight excluding hydrogens is 396 g/mol. The van der Waals surface area contributed by atoms with Gasteiger partial charge in [-0.25, -0.2) is 0 Å². The van der Waals surface area contributed by atoms with Gasteiger partial charge in [-0.2, -0.15) is 0 Å². The molecule has 62 valence electrons. The molecule has 2 aliphatic carbocycles. The van der Waals surface area contributed by atoms with Crippen LogP contribution in [0.1, 0.15) is 12.8 Å². The summed E-state index contributed by atoms with van der Waals surface area (Å²) >= 11 is 11.4. The third-order valence-corrected chi connectivity index (χ3v) is 15.0. The van der Waals surface area contributed by atoms with Gasteiger partial charge in [-0.05, 0) is 0 Å². The molecule has 0 spiro atoms. The van der Waals surface area contributed by atoms with Crippen molar-refractivity contribution in [3.63, 3.8) is 0 Å². The SMILES string of the molecule is [Br][Ge]([Br])([Br])[C@H]1C[C@@H]2C=C[C@H]1C2. The molecule has 0 aliphatic heterocycles. The minimum absolute atomic E-state index is 0.859. The van der Waals surface area contributed by atoms with Crippen LogP contribution in [0.4, 0.5) is 0 Å². The summed E-state index contributed by atoms with van der Waals surface area (Å²) in [5, 5.41) is 0. The van der Waals surface area contributed by atoms with Gasteiger partial charge in [0.15, 0.2) is 0 Å². The zero-order chi connectivity index (χ0) is 8.06. The number of hydrogen-bond acceptors (Lipinski definition) is 0. The maximum atomic E-state index is 3.79. The fourth-order valence-electron chi connectivity index (χ4n) is 2.16. The van der Waals surface area contributed by atoms with Gasteiger partial charge >= 0.3 is 91.3 Å². The first-order valence-electron chi connectivity index (χ1n) is 3.82. The summed E-state index contributed by atoms with van der Waals surface area (Å²) in [6.07, 6.45) is 7.59. The van der Waals surface area contributed by atoms with E-state index in [1.54, 1.807) is 0 Å². The van der Waals surface area contributed by atoms with Crippen molar-refractivity contribution in [3.8, 4) is 0 Å². The van der Waals surface area contributed by atoms with E-state index in [-0.39, 0.29) is 0 Å². The van der Waals surface area contributed by atoms with E-state index in [1.165, 1.54) is 12.8 Å². The molecule has 0 nitrogen and oxygen atoms in total. The number of halogens is 3. The quantitative estimate of drug-likeness (QED) is 0.456. The van der Waals surface area contributed by atoms with Crippen molar-refractivity contribution >= 4 is 49.8 Å². The van der Waals surface area contributed by atoms with Gasteiger partial charge in [0, 0.05) is 0 Å². The van der Waals surface area contributed by atoms with E-state index in [9.17, 15) is 0 Å². The molecule has 3 atom stereocenters. The van der Waals surface area contributed by atoms with Gasteiger partial charge in [-0.3, -0.25) is 0 Å². The second kappa shape index (κ2) is 3.14. The molecule has 2 bridgehead atoms. The summed E-state index contributed by atoms with van der Waals surface area (Å²) in [6, 6.07) is 0. The molecule has 11 heavy (non-hydrogen) atoms. The Morgan fingerprint density at radius 3 is 2.09 bits per heavy atom. The monoisotopic (exact) mass is 404 g/mol. The summed E-state index contributed by atoms with van der Waals surface area (Å²) < 4.78 is 0.894. The summed E-state index contributed by atoms with van der Waals surface area (Å²) in [7, 11) is -1.87.